The molecule has 0 unspecified atom stereocenters. The number of hydrogen-bond acceptors (Lipinski definition) is 6. The maximum absolute atomic E-state index is 15.1. The van der Waals surface area contributed by atoms with Crippen molar-refractivity contribution in [3.05, 3.63) is 131 Å². The van der Waals surface area contributed by atoms with E-state index in [0.717, 1.165) is 28.2 Å². The molecule has 1 atom stereocenters. The first kappa shape index (κ1) is 27.9. The third-order valence-electron chi connectivity index (χ3n) is 7.42. The quantitative estimate of drug-likeness (QED) is 0.294. The Morgan fingerprint density at radius 2 is 1.46 bits per heavy atom. The summed E-state index contributed by atoms with van der Waals surface area (Å²) in [7, 11) is 3.25. The maximum Gasteiger partial charge on any atom is 0.248 e. The van der Waals surface area contributed by atoms with E-state index in [2.05, 4.69) is 5.32 Å². The number of amides is 1. The molecular formula is C33H32FN3O4. The standard InChI is InChI=1S/C33H32FN3O4/c1-32(28-19-22(31(35)38)9-18-29(28)34)21-41-20-30(36-32)37-33(23-7-5-4-6-8-23,24-10-14-26(39-2)15-11-24)25-12-16-27(40-3)17-13-25/h4-19H,20-21H2,1-3H3,(H2,35,38)(H,36,37)/t32-/m0/s1. The number of methoxy groups -OCH3 is 2. The summed E-state index contributed by atoms with van der Waals surface area (Å²) in [5.74, 6) is 0.821. The van der Waals surface area contributed by atoms with Crippen molar-refractivity contribution < 1.29 is 23.4 Å². The summed E-state index contributed by atoms with van der Waals surface area (Å²) in [4.78, 5) is 16.9. The molecule has 0 saturated heterocycles. The Labute approximate surface area is 238 Å². The van der Waals surface area contributed by atoms with Crippen LogP contribution < -0.4 is 20.5 Å². The Morgan fingerprint density at radius 1 is 0.902 bits per heavy atom. The second kappa shape index (κ2) is 11.4. The van der Waals surface area contributed by atoms with Gasteiger partial charge in [0.1, 0.15) is 40.8 Å². The third kappa shape index (κ3) is 5.38. The number of nitrogens with zero attached hydrogens (tertiary/aromatic N) is 1. The number of carbonyl (C=O) groups is 1. The zero-order chi connectivity index (χ0) is 29.0. The lowest BCUT2D eigenvalue weighted by molar-refractivity contribution is 0.0990. The summed E-state index contributed by atoms with van der Waals surface area (Å²) in [6, 6.07) is 29.7. The molecule has 4 aromatic carbocycles. The van der Waals surface area contributed by atoms with Crippen LogP contribution in [-0.4, -0.2) is 39.2 Å². The number of hydrogen-bond donors (Lipinski definition) is 2. The van der Waals surface area contributed by atoms with Crippen LogP contribution in [0.3, 0.4) is 0 Å². The van der Waals surface area contributed by atoms with Crippen molar-refractivity contribution in [2.45, 2.75) is 18.0 Å². The average molecular weight is 554 g/mol. The van der Waals surface area contributed by atoms with E-state index in [9.17, 15) is 4.79 Å². The molecule has 1 aliphatic heterocycles. The van der Waals surface area contributed by atoms with Gasteiger partial charge in [0.05, 0.1) is 20.8 Å². The maximum atomic E-state index is 15.1. The number of nitrogens with two attached hydrogens (primary N) is 1. The van der Waals surface area contributed by atoms with Gasteiger partial charge in [0.15, 0.2) is 0 Å². The van der Waals surface area contributed by atoms with Crippen molar-refractivity contribution in [3.8, 4) is 11.5 Å². The monoisotopic (exact) mass is 553 g/mol. The Morgan fingerprint density at radius 3 is 2.00 bits per heavy atom. The van der Waals surface area contributed by atoms with E-state index in [1.54, 1.807) is 21.1 Å². The van der Waals surface area contributed by atoms with Crippen molar-refractivity contribution in [2.24, 2.45) is 10.7 Å². The summed E-state index contributed by atoms with van der Waals surface area (Å²) in [5, 5.41) is 3.70. The van der Waals surface area contributed by atoms with E-state index in [4.69, 9.17) is 24.9 Å². The predicted octanol–water partition coefficient (Wildman–Crippen LogP) is 5.17. The van der Waals surface area contributed by atoms with Crippen LogP contribution in [0.2, 0.25) is 0 Å². The van der Waals surface area contributed by atoms with Crippen molar-refractivity contribution >= 4 is 11.7 Å². The summed E-state index contributed by atoms with van der Waals surface area (Å²) < 4.78 is 32.0. The Hall–Kier alpha value is -4.69. The van der Waals surface area contributed by atoms with Gasteiger partial charge in [0.2, 0.25) is 5.91 Å². The minimum Gasteiger partial charge on any atom is -0.497 e. The Bertz CT molecular complexity index is 1510. The van der Waals surface area contributed by atoms with Crippen LogP contribution in [0.1, 0.15) is 39.5 Å². The minimum absolute atomic E-state index is 0.126. The lowest BCUT2D eigenvalue weighted by Gasteiger charge is -2.40. The van der Waals surface area contributed by atoms with Crippen LogP contribution in [0.4, 0.5) is 4.39 Å². The van der Waals surface area contributed by atoms with Gasteiger partial charge in [-0.25, -0.2) is 4.39 Å². The molecule has 0 bridgehead atoms. The fourth-order valence-corrected chi connectivity index (χ4v) is 5.31. The van der Waals surface area contributed by atoms with Crippen LogP contribution in [0, 0.1) is 5.82 Å². The van der Waals surface area contributed by atoms with Crippen LogP contribution in [0.15, 0.2) is 102 Å². The molecule has 0 radical (unpaired) electrons. The smallest absolute Gasteiger partial charge is 0.248 e. The number of aliphatic imine (C=N–C) groups is 1. The van der Waals surface area contributed by atoms with Gasteiger partial charge in [0, 0.05) is 11.1 Å². The van der Waals surface area contributed by atoms with Gasteiger partial charge < -0.3 is 25.3 Å². The van der Waals surface area contributed by atoms with Gasteiger partial charge >= 0.3 is 0 Å². The SMILES string of the molecule is COc1ccc(C(NC2=N[C@](C)(c3cc(C(N)=O)ccc3F)COC2)(c2ccccc2)c2ccc(OC)cc2)cc1. The van der Waals surface area contributed by atoms with Crippen LogP contribution >= 0.6 is 0 Å². The van der Waals surface area contributed by atoms with E-state index >= 15 is 4.39 Å². The van der Waals surface area contributed by atoms with Gasteiger partial charge in [0.25, 0.3) is 0 Å². The molecule has 4 aromatic rings. The molecule has 1 aliphatic rings. The second-order valence-electron chi connectivity index (χ2n) is 10.1. The highest BCUT2D eigenvalue weighted by molar-refractivity contribution is 5.93. The minimum atomic E-state index is -1.11. The lowest BCUT2D eigenvalue weighted by Crippen LogP contribution is -2.51. The molecule has 0 spiro atoms. The van der Waals surface area contributed by atoms with E-state index in [1.165, 1.54) is 18.2 Å². The fraction of sp³-hybridized carbons (Fsp3) is 0.212. The summed E-state index contributed by atoms with van der Waals surface area (Å²) in [6.45, 7) is 2.08. The van der Waals surface area contributed by atoms with Crippen molar-refractivity contribution in [2.75, 3.05) is 27.4 Å². The number of amidine groups is 1. The first-order valence-corrected chi connectivity index (χ1v) is 13.2. The molecule has 0 fully saturated rings. The van der Waals surface area contributed by atoms with Gasteiger partial charge in [-0.3, -0.25) is 9.79 Å². The number of rotatable bonds is 8. The zero-order valence-electron chi connectivity index (χ0n) is 23.2. The highest BCUT2D eigenvalue weighted by Gasteiger charge is 2.40. The molecule has 0 saturated carbocycles. The predicted molar refractivity (Wildman–Crippen MR) is 156 cm³/mol. The van der Waals surface area contributed by atoms with Gasteiger partial charge in [-0.15, -0.1) is 0 Å². The molecule has 1 heterocycles. The van der Waals surface area contributed by atoms with Gasteiger partial charge in [-0.1, -0.05) is 54.6 Å². The molecule has 8 heteroatoms. The summed E-state index contributed by atoms with van der Waals surface area (Å²) in [5.41, 5.74) is 6.68. The van der Waals surface area contributed by atoms with Crippen molar-refractivity contribution in [1.29, 1.82) is 0 Å². The Balaban J connectivity index is 1.70. The largest absolute Gasteiger partial charge is 0.497 e. The first-order valence-electron chi connectivity index (χ1n) is 13.2. The number of halogens is 1. The summed E-state index contributed by atoms with van der Waals surface area (Å²) in [6.07, 6.45) is 0. The van der Waals surface area contributed by atoms with E-state index in [0.29, 0.717) is 5.84 Å². The van der Waals surface area contributed by atoms with Gasteiger partial charge in [-0.05, 0) is 66.1 Å². The zero-order valence-corrected chi connectivity index (χ0v) is 23.2. The number of primary amides is 1. The number of carbonyl (C=O) groups excluding carboxylic acids is 1. The van der Waals surface area contributed by atoms with Crippen LogP contribution in [0.25, 0.3) is 0 Å². The summed E-state index contributed by atoms with van der Waals surface area (Å²) >= 11 is 0. The molecule has 3 N–H and O–H groups in total. The number of ether oxygens (including phenoxy) is 3. The van der Waals surface area contributed by atoms with Crippen LogP contribution in [-0.2, 0) is 15.8 Å². The molecule has 0 aliphatic carbocycles. The molecule has 7 nitrogen and oxygen atoms in total. The molecule has 210 valence electrons. The second-order valence-corrected chi connectivity index (χ2v) is 10.1. The van der Waals surface area contributed by atoms with E-state index in [1.807, 2.05) is 78.9 Å². The molecule has 1 amide bonds. The van der Waals surface area contributed by atoms with Gasteiger partial charge in [-0.2, -0.15) is 0 Å². The van der Waals surface area contributed by atoms with E-state index in [-0.39, 0.29) is 24.3 Å². The average Bonchev–Trinajstić information content (AvgIpc) is 3.00. The fourth-order valence-electron chi connectivity index (χ4n) is 5.31. The number of benzene rings is 4. The molecule has 5 rings (SSSR count). The van der Waals surface area contributed by atoms with E-state index < -0.39 is 22.8 Å². The number of nitrogens with one attached hydrogen (secondary N) is 1. The highest BCUT2D eigenvalue weighted by atomic mass is 19.1. The van der Waals surface area contributed by atoms with Crippen LogP contribution in [0.5, 0.6) is 11.5 Å². The topological polar surface area (TPSA) is 95.2 Å². The Kier molecular flexibility index (Phi) is 7.77. The van der Waals surface area contributed by atoms with Crippen molar-refractivity contribution in [1.82, 2.24) is 5.32 Å². The van der Waals surface area contributed by atoms with Crippen molar-refractivity contribution in [3.63, 3.8) is 0 Å². The first-order chi connectivity index (χ1) is 19.8. The third-order valence-corrected chi connectivity index (χ3v) is 7.42. The normalized spacial score (nSPS) is 16.9. The lowest BCUT2D eigenvalue weighted by atomic mass is 9.76. The molecular weight excluding hydrogens is 521 g/mol. The molecule has 0 aromatic heterocycles. The highest BCUT2D eigenvalue weighted by Crippen LogP contribution is 2.39. The molecule has 41 heavy (non-hydrogen) atoms.